The van der Waals surface area contributed by atoms with E-state index in [1.165, 1.54) is 18.2 Å². The minimum atomic E-state index is -1.03. The summed E-state index contributed by atoms with van der Waals surface area (Å²) >= 11 is 11.1. The van der Waals surface area contributed by atoms with Crippen molar-refractivity contribution in [3.63, 3.8) is 0 Å². The van der Waals surface area contributed by atoms with Crippen LogP contribution in [0, 0.1) is 17.1 Å². The van der Waals surface area contributed by atoms with Gasteiger partial charge in [0.2, 0.25) is 0 Å². The largest absolute Gasteiger partial charge is 0.207 e. The summed E-state index contributed by atoms with van der Waals surface area (Å²) < 4.78 is 13.0. The molecule has 1 rings (SSSR count). The predicted octanol–water partition coefficient (Wildman–Crippen LogP) is 3.28. The highest BCUT2D eigenvalue weighted by Gasteiger charge is 2.15. The number of benzene rings is 1. The Hall–Kier alpha value is -0.780. The number of nitrogens with zero attached hydrogens (tertiary/aromatic N) is 1. The lowest BCUT2D eigenvalue weighted by Crippen LogP contribution is -1.92. The number of rotatable bonds is 1. The Balaban J connectivity index is 3.23. The van der Waals surface area contributed by atoms with Crippen molar-refractivity contribution in [1.29, 1.82) is 5.26 Å². The fourth-order valence-corrected chi connectivity index (χ4v) is 1.37. The van der Waals surface area contributed by atoms with Crippen LogP contribution in [0.25, 0.3) is 0 Å². The van der Waals surface area contributed by atoms with E-state index in [2.05, 4.69) is 0 Å². The first kappa shape index (κ1) is 9.31. The molecule has 4 heteroatoms. The fraction of sp³-hybridized carbons (Fsp3) is 0.125. The van der Waals surface area contributed by atoms with E-state index >= 15 is 0 Å². The molecule has 0 saturated carbocycles. The third kappa shape index (κ3) is 1.69. The molecule has 0 spiro atoms. The molecule has 0 heterocycles. The van der Waals surface area contributed by atoms with Crippen LogP contribution in [0.1, 0.15) is 10.9 Å². The first-order chi connectivity index (χ1) is 5.66. The van der Waals surface area contributed by atoms with E-state index in [4.69, 9.17) is 28.5 Å². The summed E-state index contributed by atoms with van der Waals surface area (Å²) in [6.07, 6.45) is 0. The molecule has 0 aromatic heterocycles. The molecule has 0 N–H and O–H groups in total. The van der Waals surface area contributed by atoms with Gasteiger partial charge >= 0.3 is 0 Å². The standard InChI is InChI=1S/C8H4Cl2FN/c9-5-2-1-3-7(11)8(5)6(10)4-12/h1-3,6H/t6-/m0/s1. The Morgan fingerprint density at radius 3 is 2.67 bits per heavy atom. The van der Waals surface area contributed by atoms with Gasteiger partial charge in [-0.15, -0.1) is 11.6 Å². The van der Waals surface area contributed by atoms with Crippen molar-refractivity contribution in [2.45, 2.75) is 5.38 Å². The quantitative estimate of drug-likeness (QED) is 0.644. The lowest BCUT2D eigenvalue weighted by Gasteiger charge is -2.04. The third-order valence-corrected chi connectivity index (χ3v) is 2.01. The van der Waals surface area contributed by atoms with E-state index in [1.54, 1.807) is 6.07 Å². The van der Waals surface area contributed by atoms with E-state index in [9.17, 15) is 4.39 Å². The number of hydrogen-bond donors (Lipinski definition) is 0. The lowest BCUT2D eigenvalue weighted by atomic mass is 10.1. The van der Waals surface area contributed by atoms with E-state index in [-0.39, 0.29) is 10.6 Å². The van der Waals surface area contributed by atoms with E-state index < -0.39 is 11.2 Å². The molecule has 1 aromatic carbocycles. The van der Waals surface area contributed by atoms with Gasteiger partial charge in [-0.3, -0.25) is 0 Å². The van der Waals surface area contributed by atoms with E-state index in [1.807, 2.05) is 0 Å². The summed E-state index contributed by atoms with van der Waals surface area (Å²) in [5.74, 6) is -0.552. The second-order valence-electron chi connectivity index (χ2n) is 2.13. The highest BCUT2D eigenvalue weighted by Crippen LogP contribution is 2.29. The van der Waals surface area contributed by atoms with Crippen LogP contribution in [0.5, 0.6) is 0 Å². The zero-order valence-corrected chi connectivity index (χ0v) is 7.40. The average Bonchev–Trinajstić information content (AvgIpc) is 2.03. The van der Waals surface area contributed by atoms with E-state index in [0.717, 1.165) is 0 Å². The van der Waals surface area contributed by atoms with Crippen molar-refractivity contribution < 1.29 is 4.39 Å². The van der Waals surface area contributed by atoms with Crippen LogP contribution in [-0.4, -0.2) is 0 Å². The first-order valence-electron chi connectivity index (χ1n) is 3.14. The summed E-state index contributed by atoms with van der Waals surface area (Å²) in [5.41, 5.74) is 0.0448. The van der Waals surface area contributed by atoms with Gasteiger partial charge < -0.3 is 0 Å². The summed E-state index contributed by atoms with van der Waals surface area (Å²) in [4.78, 5) is 0. The molecule has 12 heavy (non-hydrogen) atoms. The smallest absolute Gasteiger partial charge is 0.149 e. The van der Waals surface area contributed by atoms with Gasteiger partial charge in [0.05, 0.1) is 6.07 Å². The van der Waals surface area contributed by atoms with Gasteiger partial charge in [0.1, 0.15) is 11.2 Å². The van der Waals surface area contributed by atoms with Crippen molar-refractivity contribution in [2.75, 3.05) is 0 Å². The fourth-order valence-electron chi connectivity index (χ4n) is 0.817. The summed E-state index contributed by atoms with van der Waals surface area (Å²) in [6, 6.07) is 5.87. The second-order valence-corrected chi connectivity index (χ2v) is 2.97. The number of alkyl halides is 1. The number of halogens is 3. The summed E-state index contributed by atoms with van der Waals surface area (Å²) in [5, 5.41) is 7.58. The molecule has 0 radical (unpaired) electrons. The molecule has 0 aliphatic carbocycles. The maximum absolute atomic E-state index is 13.0. The minimum absolute atomic E-state index is 0.0448. The molecule has 0 saturated heterocycles. The molecule has 0 amide bonds. The van der Waals surface area contributed by atoms with Crippen molar-refractivity contribution >= 4 is 23.2 Å². The van der Waals surface area contributed by atoms with Crippen LogP contribution >= 0.6 is 23.2 Å². The Morgan fingerprint density at radius 2 is 2.17 bits per heavy atom. The van der Waals surface area contributed by atoms with Gasteiger partial charge in [-0.05, 0) is 12.1 Å². The normalized spacial score (nSPS) is 12.2. The maximum Gasteiger partial charge on any atom is 0.149 e. The molecule has 0 fully saturated rings. The molecule has 0 unspecified atom stereocenters. The zero-order valence-electron chi connectivity index (χ0n) is 5.89. The van der Waals surface area contributed by atoms with Crippen molar-refractivity contribution in [3.8, 4) is 6.07 Å². The second kappa shape index (κ2) is 3.75. The third-order valence-electron chi connectivity index (χ3n) is 1.37. The monoisotopic (exact) mass is 203 g/mol. The van der Waals surface area contributed by atoms with Crippen LogP contribution in [-0.2, 0) is 0 Å². The highest BCUT2D eigenvalue weighted by molar-refractivity contribution is 6.33. The molecule has 0 aliphatic rings. The van der Waals surface area contributed by atoms with Crippen LogP contribution in [0.3, 0.4) is 0 Å². The van der Waals surface area contributed by atoms with E-state index in [0.29, 0.717) is 0 Å². The van der Waals surface area contributed by atoms with Crippen LogP contribution in [0.2, 0.25) is 5.02 Å². The average molecular weight is 204 g/mol. The molecule has 0 bridgehead atoms. The Bertz CT molecular complexity index is 312. The molecule has 0 aliphatic heterocycles. The molecular weight excluding hydrogens is 200 g/mol. The zero-order chi connectivity index (χ0) is 9.14. The first-order valence-corrected chi connectivity index (χ1v) is 3.96. The van der Waals surface area contributed by atoms with Crippen molar-refractivity contribution in [1.82, 2.24) is 0 Å². The van der Waals surface area contributed by atoms with Gasteiger partial charge in [-0.1, -0.05) is 17.7 Å². The van der Waals surface area contributed by atoms with Gasteiger partial charge in [-0.25, -0.2) is 4.39 Å². The SMILES string of the molecule is N#C[C@H](Cl)c1c(F)cccc1Cl. The highest BCUT2D eigenvalue weighted by atomic mass is 35.5. The Labute approximate surface area is 79.3 Å². The van der Waals surface area contributed by atoms with Crippen LogP contribution in [0.15, 0.2) is 18.2 Å². The van der Waals surface area contributed by atoms with Gasteiger partial charge in [-0.2, -0.15) is 5.26 Å². The lowest BCUT2D eigenvalue weighted by molar-refractivity contribution is 0.614. The maximum atomic E-state index is 13.0. The van der Waals surface area contributed by atoms with Gasteiger partial charge in [0.25, 0.3) is 0 Å². The van der Waals surface area contributed by atoms with Crippen LogP contribution in [0.4, 0.5) is 4.39 Å². The number of hydrogen-bond acceptors (Lipinski definition) is 1. The minimum Gasteiger partial charge on any atom is -0.207 e. The van der Waals surface area contributed by atoms with Gasteiger partial charge in [0.15, 0.2) is 0 Å². The molecule has 62 valence electrons. The molecule has 1 nitrogen and oxygen atoms in total. The molecular formula is C8H4Cl2FN. The van der Waals surface area contributed by atoms with Gasteiger partial charge in [0, 0.05) is 10.6 Å². The topological polar surface area (TPSA) is 23.8 Å². The van der Waals surface area contributed by atoms with Crippen LogP contribution < -0.4 is 0 Å². The molecule has 1 atom stereocenters. The summed E-state index contributed by atoms with van der Waals surface area (Å²) in [7, 11) is 0. The Kier molecular flexibility index (Phi) is 2.91. The van der Waals surface area contributed by atoms with Crippen molar-refractivity contribution in [3.05, 3.63) is 34.6 Å². The van der Waals surface area contributed by atoms with Crippen molar-refractivity contribution in [2.24, 2.45) is 0 Å². The molecule has 1 aromatic rings. The number of nitriles is 1. The Morgan fingerprint density at radius 1 is 1.50 bits per heavy atom. The summed E-state index contributed by atoms with van der Waals surface area (Å²) in [6.45, 7) is 0. The predicted molar refractivity (Wildman–Crippen MR) is 45.6 cm³/mol.